The molecule has 0 saturated heterocycles. The minimum atomic E-state index is -0.526. The van der Waals surface area contributed by atoms with E-state index in [1.807, 2.05) is 24.3 Å². The van der Waals surface area contributed by atoms with Gasteiger partial charge in [0.1, 0.15) is 6.61 Å². The van der Waals surface area contributed by atoms with Gasteiger partial charge in [0.2, 0.25) is 0 Å². The monoisotopic (exact) mass is 466 g/mol. The average molecular weight is 466 g/mol. The van der Waals surface area contributed by atoms with Crippen molar-refractivity contribution in [3.05, 3.63) is 68.8 Å². The number of carbonyl (C=O) groups is 2. The van der Waals surface area contributed by atoms with Crippen LogP contribution in [0.3, 0.4) is 0 Å². The summed E-state index contributed by atoms with van der Waals surface area (Å²) in [5, 5.41) is 0. The van der Waals surface area contributed by atoms with Crippen LogP contribution < -0.4 is 0 Å². The number of rotatable bonds is 9. The topological polar surface area (TPSA) is 52.6 Å². The average Bonchev–Trinajstić information content (AvgIpc) is 2.66. The number of esters is 2. The van der Waals surface area contributed by atoms with Crippen molar-refractivity contribution in [2.24, 2.45) is 0 Å². The molecule has 0 aliphatic heterocycles. The first-order valence-electron chi connectivity index (χ1n) is 8.79. The van der Waals surface area contributed by atoms with E-state index >= 15 is 0 Å². The standard InChI is InChI=1S/C21H23IO4/c1-2-3-4-7-13-25-20(23)18-11-5-6-12-19(18)21(24)26-15-16-9-8-10-17(22)14-16/h5-6,8-12,14H,2-4,7,13,15H2,1H3. The minimum Gasteiger partial charge on any atom is -0.462 e. The number of unbranched alkanes of at least 4 members (excludes halogenated alkanes) is 3. The van der Waals surface area contributed by atoms with Crippen molar-refractivity contribution in [1.29, 1.82) is 0 Å². The third-order valence-electron chi connectivity index (χ3n) is 3.86. The SMILES string of the molecule is CCCCCCOC(=O)c1ccccc1C(=O)OCc1cccc(I)c1. The maximum Gasteiger partial charge on any atom is 0.339 e. The number of ether oxygens (including phenoxy) is 2. The zero-order chi connectivity index (χ0) is 18.8. The molecule has 0 atom stereocenters. The van der Waals surface area contributed by atoms with Gasteiger partial charge in [0.05, 0.1) is 17.7 Å². The summed E-state index contributed by atoms with van der Waals surface area (Å²) in [5.41, 5.74) is 1.38. The fraction of sp³-hybridized carbons (Fsp3) is 0.333. The molecule has 138 valence electrons. The molecule has 0 aliphatic carbocycles. The van der Waals surface area contributed by atoms with Gasteiger partial charge in [-0.15, -0.1) is 0 Å². The Bertz CT molecular complexity index is 742. The zero-order valence-corrected chi connectivity index (χ0v) is 17.0. The highest BCUT2D eigenvalue weighted by Crippen LogP contribution is 2.15. The minimum absolute atomic E-state index is 0.163. The van der Waals surface area contributed by atoms with Crippen LogP contribution in [-0.4, -0.2) is 18.5 Å². The molecular formula is C21H23IO4. The van der Waals surface area contributed by atoms with Crippen LogP contribution in [0, 0.1) is 3.57 Å². The highest BCUT2D eigenvalue weighted by atomic mass is 127. The van der Waals surface area contributed by atoms with E-state index in [1.54, 1.807) is 24.3 Å². The Kier molecular flexibility index (Phi) is 8.61. The molecule has 2 rings (SSSR count). The van der Waals surface area contributed by atoms with Gasteiger partial charge in [-0.25, -0.2) is 9.59 Å². The van der Waals surface area contributed by atoms with Crippen LogP contribution in [-0.2, 0) is 16.1 Å². The Morgan fingerprint density at radius 1 is 0.885 bits per heavy atom. The molecule has 26 heavy (non-hydrogen) atoms. The van der Waals surface area contributed by atoms with Crippen LogP contribution >= 0.6 is 22.6 Å². The van der Waals surface area contributed by atoms with Gasteiger partial charge < -0.3 is 9.47 Å². The number of carbonyl (C=O) groups excluding carboxylic acids is 2. The Labute approximate surface area is 168 Å². The summed E-state index contributed by atoms with van der Waals surface area (Å²) < 4.78 is 11.7. The van der Waals surface area contributed by atoms with E-state index in [-0.39, 0.29) is 17.7 Å². The van der Waals surface area contributed by atoms with Crippen LogP contribution in [0.4, 0.5) is 0 Å². The molecule has 0 radical (unpaired) electrons. The van der Waals surface area contributed by atoms with E-state index in [9.17, 15) is 9.59 Å². The molecule has 5 heteroatoms. The fourth-order valence-electron chi connectivity index (χ4n) is 2.46. The lowest BCUT2D eigenvalue weighted by atomic mass is 10.1. The number of benzene rings is 2. The second-order valence-electron chi connectivity index (χ2n) is 5.95. The van der Waals surface area contributed by atoms with Crippen LogP contribution in [0.25, 0.3) is 0 Å². The lowest BCUT2D eigenvalue weighted by molar-refractivity contribution is 0.0436. The van der Waals surface area contributed by atoms with Crippen LogP contribution in [0.2, 0.25) is 0 Å². The Balaban J connectivity index is 1.96. The van der Waals surface area contributed by atoms with Gasteiger partial charge in [0.25, 0.3) is 0 Å². The first-order chi connectivity index (χ1) is 12.6. The van der Waals surface area contributed by atoms with E-state index in [4.69, 9.17) is 9.47 Å². The number of hydrogen-bond donors (Lipinski definition) is 0. The molecule has 4 nitrogen and oxygen atoms in total. The van der Waals surface area contributed by atoms with Gasteiger partial charge in [-0.1, -0.05) is 50.5 Å². The largest absolute Gasteiger partial charge is 0.462 e. The van der Waals surface area contributed by atoms with Crippen molar-refractivity contribution >= 4 is 34.5 Å². The molecular weight excluding hydrogens is 443 g/mol. The predicted octanol–water partition coefficient (Wildman–Crippen LogP) is 5.39. The van der Waals surface area contributed by atoms with Crippen LogP contribution in [0.1, 0.15) is 58.9 Å². The summed E-state index contributed by atoms with van der Waals surface area (Å²) in [6, 6.07) is 14.3. The first kappa shape index (κ1) is 20.4. The lowest BCUT2D eigenvalue weighted by Crippen LogP contribution is -2.14. The Hall–Kier alpha value is -1.89. The summed E-state index contributed by atoms with van der Waals surface area (Å²) in [6.45, 7) is 2.66. The molecule has 0 aromatic heterocycles. The summed E-state index contributed by atoms with van der Waals surface area (Å²) in [5.74, 6) is -1.01. The molecule has 0 N–H and O–H groups in total. The molecule has 0 amide bonds. The quantitative estimate of drug-likeness (QED) is 0.283. The Morgan fingerprint density at radius 2 is 1.58 bits per heavy atom. The fourth-order valence-corrected chi connectivity index (χ4v) is 3.07. The van der Waals surface area contributed by atoms with Gasteiger partial charge in [-0.05, 0) is 58.8 Å². The van der Waals surface area contributed by atoms with Crippen molar-refractivity contribution in [1.82, 2.24) is 0 Å². The van der Waals surface area contributed by atoms with E-state index in [1.165, 1.54) is 0 Å². The summed E-state index contributed by atoms with van der Waals surface area (Å²) in [7, 11) is 0. The van der Waals surface area contributed by atoms with Crippen molar-refractivity contribution in [3.63, 3.8) is 0 Å². The van der Waals surface area contributed by atoms with E-state index in [0.29, 0.717) is 6.61 Å². The summed E-state index contributed by atoms with van der Waals surface area (Å²) in [6.07, 6.45) is 4.12. The maximum absolute atomic E-state index is 12.4. The van der Waals surface area contributed by atoms with Crippen LogP contribution in [0.5, 0.6) is 0 Å². The molecule has 0 saturated carbocycles. The van der Waals surface area contributed by atoms with Crippen molar-refractivity contribution in [2.75, 3.05) is 6.61 Å². The third-order valence-corrected chi connectivity index (χ3v) is 4.53. The molecule has 2 aromatic carbocycles. The summed E-state index contributed by atoms with van der Waals surface area (Å²) in [4.78, 5) is 24.7. The van der Waals surface area contributed by atoms with Crippen molar-refractivity contribution in [3.8, 4) is 0 Å². The molecule has 2 aromatic rings. The highest BCUT2D eigenvalue weighted by Gasteiger charge is 2.19. The lowest BCUT2D eigenvalue weighted by Gasteiger charge is -2.10. The second kappa shape index (κ2) is 11.0. The Morgan fingerprint density at radius 3 is 2.23 bits per heavy atom. The predicted molar refractivity (Wildman–Crippen MR) is 109 cm³/mol. The number of halogens is 1. The zero-order valence-electron chi connectivity index (χ0n) is 14.9. The van der Waals surface area contributed by atoms with Gasteiger partial charge >= 0.3 is 11.9 Å². The molecule has 0 aliphatic rings. The second-order valence-corrected chi connectivity index (χ2v) is 7.19. The molecule has 0 spiro atoms. The van der Waals surface area contributed by atoms with Gasteiger partial charge in [0.15, 0.2) is 0 Å². The normalized spacial score (nSPS) is 10.4. The first-order valence-corrected chi connectivity index (χ1v) is 9.87. The smallest absolute Gasteiger partial charge is 0.339 e. The number of hydrogen-bond acceptors (Lipinski definition) is 4. The third kappa shape index (κ3) is 6.44. The van der Waals surface area contributed by atoms with E-state index < -0.39 is 11.9 Å². The van der Waals surface area contributed by atoms with E-state index in [2.05, 4.69) is 29.5 Å². The highest BCUT2D eigenvalue weighted by molar-refractivity contribution is 14.1. The van der Waals surface area contributed by atoms with Gasteiger partial charge in [-0.3, -0.25) is 0 Å². The van der Waals surface area contributed by atoms with Crippen molar-refractivity contribution in [2.45, 2.75) is 39.2 Å². The molecule has 0 unspecified atom stereocenters. The van der Waals surface area contributed by atoms with Crippen molar-refractivity contribution < 1.29 is 19.1 Å². The van der Waals surface area contributed by atoms with Gasteiger partial charge in [0, 0.05) is 3.57 Å². The summed E-state index contributed by atoms with van der Waals surface area (Å²) >= 11 is 2.21. The molecule has 0 heterocycles. The maximum atomic E-state index is 12.4. The van der Waals surface area contributed by atoms with E-state index in [0.717, 1.165) is 34.8 Å². The van der Waals surface area contributed by atoms with Gasteiger partial charge in [-0.2, -0.15) is 0 Å². The molecule has 0 fully saturated rings. The molecule has 0 bridgehead atoms. The van der Waals surface area contributed by atoms with Crippen LogP contribution in [0.15, 0.2) is 48.5 Å².